The summed E-state index contributed by atoms with van der Waals surface area (Å²) in [6, 6.07) is 4.39. The number of carboxylic acid groups (broad SMARTS) is 1. The average molecular weight is 324 g/mol. The number of halogens is 1. The Bertz CT molecular complexity index is 586. The molecule has 1 aromatic rings. The molecule has 1 unspecified atom stereocenters. The number of ether oxygens (including phenoxy) is 1. The first-order chi connectivity index (χ1) is 10.6. The summed E-state index contributed by atoms with van der Waals surface area (Å²) in [6.07, 6.45) is -0.220. The standard InChI is InChI=1S/C16H22BFO5/c1-15(2)16(3,4)23-17(22-15)11(9-14(19)20)10-6-7-13(21-5)12(18)8-10/h6-8,11H,9H2,1-5H3,(H,19,20). The lowest BCUT2D eigenvalue weighted by Crippen LogP contribution is -2.41. The van der Waals surface area contributed by atoms with Crippen LogP contribution in [0.2, 0.25) is 0 Å². The van der Waals surface area contributed by atoms with E-state index in [9.17, 15) is 14.3 Å². The molecule has 0 amide bonds. The number of benzene rings is 1. The number of methoxy groups -OCH3 is 1. The Kier molecular flexibility index (Phi) is 4.73. The van der Waals surface area contributed by atoms with Crippen molar-refractivity contribution < 1.29 is 28.3 Å². The van der Waals surface area contributed by atoms with Gasteiger partial charge in [0.15, 0.2) is 11.6 Å². The van der Waals surface area contributed by atoms with Gasteiger partial charge >= 0.3 is 13.1 Å². The summed E-state index contributed by atoms with van der Waals surface area (Å²) in [5.41, 5.74) is -0.664. The Balaban J connectivity index is 2.35. The van der Waals surface area contributed by atoms with Gasteiger partial charge < -0.3 is 19.2 Å². The van der Waals surface area contributed by atoms with Crippen molar-refractivity contribution in [1.82, 2.24) is 0 Å². The SMILES string of the molecule is COc1ccc(C(CC(=O)O)B2OC(C)(C)C(C)(C)O2)cc1F. The molecule has 1 fully saturated rings. The Labute approximate surface area is 135 Å². The zero-order chi connectivity index (χ0) is 17.4. The van der Waals surface area contributed by atoms with E-state index in [1.54, 1.807) is 6.07 Å². The molecule has 1 N–H and O–H groups in total. The lowest BCUT2D eigenvalue weighted by atomic mass is 9.66. The van der Waals surface area contributed by atoms with Crippen LogP contribution in [0.5, 0.6) is 5.75 Å². The molecule has 1 aromatic carbocycles. The molecule has 5 nitrogen and oxygen atoms in total. The summed E-state index contributed by atoms with van der Waals surface area (Å²) in [5, 5.41) is 9.21. The molecular weight excluding hydrogens is 302 g/mol. The molecule has 23 heavy (non-hydrogen) atoms. The molecule has 0 aliphatic carbocycles. The number of carbonyl (C=O) groups is 1. The van der Waals surface area contributed by atoms with Crippen molar-refractivity contribution in [3.63, 3.8) is 0 Å². The summed E-state index contributed by atoms with van der Waals surface area (Å²) >= 11 is 0. The highest BCUT2D eigenvalue weighted by Gasteiger charge is 2.54. The zero-order valence-electron chi connectivity index (χ0n) is 14.1. The van der Waals surface area contributed by atoms with Gasteiger partial charge in [0.1, 0.15) is 0 Å². The summed E-state index contributed by atoms with van der Waals surface area (Å²) in [5.74, 6) is -2.05. The largest absolute Gasteiger partial charge is 0.494 e. The summed E-state index contributed by atoms with van der Waals surface area (Å²) in [6.45, 7) is 7.55. The molecule has 1 aliphatic heterocycles. The van der Waals surface area contributed by atoms with E-state index >= 15 is 0 Å². The van der Waals surface area contributed by atoms with Gasteiger partial charge in [0.05, 0.1) is 24.7 Å². The average Bonchev–Trinajstić information content (AvgIpc) is 2.64. The second-order valence-electron chi connectivity index (χ2n) is 6.72. The highest BCUT2D eigenvalue weighted by atomic mass is 19.1. The Morgan fingerprint density at radius 2 is 1.87 bits per heavy atom. The van der Waals surface area contributed by atoms with Gasteiger partial charge in [0.25, 0.3) is 0 Å². The van der Waals surface area contributed by atoms with Crippen LogP contribution in [0.15, 0.2) is 18.2 Å². The van der Waals surface area contributed by atoms with E-state index in [1.807, 2.05) is 27.7 Å². The van der Waals surface area contributed by atoms with Crippen LogP contribution in [0.25, 0.3) is 0 Å². The van der Waals surface area contributed by atoms with Crippen molar-refractivity contribution in [3.05, 3.63) is 29.6 Å². The van der Waals surface area contributed by atoms with E-state index in [-0.39, 0.29) is 12.2 Å². The molecule has 1 heterocycles. The van der Waals surface area contributed by atoms with Gasteiger partial charge in [-0.05, 0) is 45.4 Å². The first-order valence-electron chi connectivity index (χ1n) is 7.48. The first-order valence-corrected chi connectivity index (χ1v) is 7.48. The third kappa shape index (κ3) is 3.51. The normalized spacial score (nSPS) is 20.3. The molecule has 0 radical (unpaired) electrons. The second kappa shape index (κ2) is 6.13. The predicted molar refractivity (Wildman–Crippen MR) is 84.0 cm³/mol. The van der Waals surface area contributed by atoms with E-state index in [4.69, 9.17) is 14.0 Å². The van der Waals surface area contributed by atoms with Gasteiger partial charge in [0, 0.05) is 5.82 Å². The molecule has 7 heteroatoms. The number of aliphatic carboxylic acids is 1. The van der Waals surface area contributed by atoms with Crippen molar-refractivity contribution in [2.75, 3.05) is 7.11 Å². The van der Waals surface area contributed by atoms with Crippen LogP contribution < -0.4 is 4.74 Å². The highest BCUT2D eigenvalue weighted by Crippen LogP contribution is 2.42. The third-order valence-electron chi connectivity index (χ3n) is 4.60. The molecule has 126 valence electrons. The fourth-order valence-electron chi connectivity index (χ4n) is 2.53. The number of hydrogen-bond donors (Lipinski definition) is 1. The lowest BCUT2D eigenvalue weighted by Gasteiger charge is -2.32. The van der Waals surface area contributed by atoms with E-state index in [0.717, 1.165) is 0 Å². The number of carboxylic acids is 1. The fraction of sp³-hybridized carbons (Fsp3) is 0.562. The molecule has 0 aromatic heterocycles. The minimum atomic E-state index is -0.999. The quantitative estimate of drug-likeness (QED) is 0.844. The molecule has 0 saturated carbocycles. The summed E-state index contributed by atoms with van der Waals surface area (Å²) in [4.78, 5) is 11.2. The Morgan fingerprint density at radius 1 is 1.30 bits per heavy atom. The zero-order valence-corrected chi connectivity index (χ0v) is 14.1. The molecule has 2 rings (SSSR count). The van der Waals surface area contributed by atoms with Gasteiger partial charge in [-0.15, -0.1) is 0 Å². The fourth-order valence-corrected chi connectivity index (χ4v) is 2.53. The van der Waals surface area contributed by atoms with Crippen LogP contribution in [0, 0.1) is 5.82 Å². The van der Waals surface area contributed by atoms with Gasteiger partial charge in [-0.25, -0.2) is 4.39 Å². The van der Waals surface area contributed by atoms with Gasteiger partial charge in [-0.2, -0.15) is 0 Å². The molecular formula is C16H22BFO5. The summed E-state index contributed by atoms with van der Waals surface area (Å²) < 4.78 is 30.8. The van der Waals surface area contributed by atoms with Crippen LogP contribution in [-0.4, -0.2) is 36.5 Å². The monoisotopic (exact) mass is 324 g/mol. The highest BCUT2D eigenvalue weighted by molar-refractivity contribution is 6.48. The minimum Gasteiger partial charge on any atom is -0.494 e. The van der Waals surface area contributed by atoms with Crippen LogP contribution in [0.3, 0.4) is 0 Å². The Hall–Kier alpha value is -1.60. The van der Waals surface area contributed by atoms with E-state index in [2.05, 4.69) is 0 Å². The van der Waals surface area contributed by atoms with Crippen LogP contribution >= 0.6 is 0 Å². The smallest absolute Gasteiger partial charge is 0.466 e. The molecule has 0 spiro atoms. The van der Waals surface area contributed by atoms with E-state index < -0.39 is 35.9 Å². The number of hydrogen-bond acceptors (Lipinski definition) is 4. The summed E-state index contributed by atoms with van der Waals surface area (Å²) in [7, 11) is 0.616. The van der Waals surface area contributed by atoms with Gasteiger partial charge in [0.2, 0.25) is 0 Å². The van der Waals surface area contributed by atoms with E-state index in [1.165, 1.54) is 19.2 Å². The maximum atomic E-state index is 14.0. The Morgan fingerprint density at radius 3 is 2.30 bits per heavy atom. The number of rotatable bonds is 5. The molecule has 1 atom stereocenters. The van der Waals surface area contributed by atoms with Crippen LogP contribution in [0.4, 0.5) is 4.39 Å². The second-order valence-corrected chi connectivity index (χ2v) is 6.72. The van der Waals surface area contributed by atoms with Crippen LogP contribution in [0.1, 0.15) is 45.5 Å². The van der Waals surface area contributed by atoms with Gasteiger partial charge in [-0.3, -0.25) is 4.79 Å². The van der Waals surface area contributed by atoms with E-state index in [0.29, 0.717) is 5.56 Å². The van der Waals surface area contributed by atoms with Crippen molar-refractivity contribution >= 4 is 13.1 Å². The molecule has 0 bridgehead atoms. The maximum absolute atomic E-state index is 14.0. The van der Waals surface area contributed by atoms with Crippen molar-refractivity contribution in [2.24, 2.45) is 0 Å². The maximum Gasteiger partial charge on any atom is 0.466 e. The van der Waals surface area contributed by atoms with Crippen molar-refractivity contribution in [1.29, 1.82) is 0 Å². The predicted octanol–water partition coefficient (Wildman–Crippen LogP) is 3.02. The molecule has 1 saturated heterocycles. The minimum absolute atomic E-state index is 0.108. The lowest BCUT2D eigenvalue weighted by molar-refractivity contribution is -0.137. The molecule has 1 aliphatic rings. The van der Waals surface area contributed by atoms with Crippen molar-refractivity contribution in [3.8, 4) is 5.75 Å². The van der Waals surface area contributed by atoms with Gasteiger partial charge in [-0.1, -0.05) is 6.07 Å². The van der Waals surface area contributed by atoms with Crippen LogP contribution in [-0.2, 0) is 14.1 Å². The third-order valence-corrected chi connectivity index (χ3v) is 4.60. The van der Waals surface area contributed by atoms with Crippen molar-refractivity contribution in [2.45, 2.75) is 51.1 Å². The topological polar surface area (TPSA) is 65.0 Å². The first kappa shape index (κ1) is 17.8.